The molecule has 0 unspecified atom stereocenters. The second-order valence-corrected chi connectivity index (χ2v) is 5.32. The van der Waals surface area contributed by atoms with Crippen molar-refractivity contribution in [2.75, 3.05) is 4.90 Å². The fraction of sp³-hybridized carbons (Fsp3) is 0. The van der Waals surface area contributed by atoms with E-state index in [1.807, 2.05) is 18.2 Å². The van der Waals surface area contributed by atoms with Crippen LogP contribution < -0.4 is 4.90 Å². The Morgan fingerprint density at radius 2 is 1.00 bits per heavy atom. The molecule has 3 aromatic rings. The molecule has 3 rings (SSSR count). The topological polar surface area (TPSA) is 77.8 Å². The minimum Gasteiger partial charge on any atom is -0.478 e. The lowest BCUT2D eigenvalue weighted by molar-refractivity contribution is 0.0688. The van der Waals surface area contributed by atoms with Gasteiger partial charge in [-0.25, -0.2) is 9.59 Å². The molecule has 0 saturated carbocycles. The maximum atomic E-state index is 11.7. The summed E-state index contributed by atoms with van der Waals surface area (Å²) in [6.45, 7) is 0. The lowest BCUT2D eigenvalue weighted by Crippen LogP contribution is -2.17. The molecule has 0 heterocycles. The van der Waals surface area contributed by atoms with Gasteiger partial charge in [0.05, 0.1) is 22.5 Å². The van der Waals surface area contributed by atoms with Gasteiger partial charge < -0.3 is 15.1 Å². The lowest BCUT2D eigenvalue weighted by atomic mass is 10.1. The second-order valence-electron chi connectivity index (χ2n) is 5.32. The van der Waals surface area contributed by atoms with Gasteiger partial charge in [-0.15, -0.1) is 0 Å². The number of carboxylic acids is 2. The molecule has 0 saturated heterocycles. The van der Waals surface area contributed by atoms with Crippen LogP contribution in [0.4, 0.5) is 17.1 Å². The summed E-state index contributed by atoms with van der Waals surface area (Å²) in [6, 6.07) is 22.1. The molecule has 0 atom stereocenters. The van der Waals surface area contributed by atoms with Gasteiger partial charge in [-0.3, -0.25) is 0 Å². The number of benzene rings is 3. The van der Waals surface area contributed by atoms with E-state index in [9.17, 15) is 19.8 Å². The summed E-state index contributed by atoms with van der Waals surface area (Å²) in [6.07, 6.45) is 0. The molecular weight excluding hydrogens is 318 g/mol. The maximum absolute atomic E-state index is 11.7. The Morgan fingerprint density at radius 3 is 1.44 bits per heavy atom. The molecule has 0 amide bonds. The van der Waals surface area contributed by atoms with E-state index in [0.29, 0.717) is 17.1 Å². The quantitative estimate of drug-likeness (QED) is 0.716. The van der Waals surface area contributed by atoms with E-state index in [1.165, 1.54) is 12.1 Å². The number of hydrogen-bond acceptors (Lipinski definition) is 3. The van der Waals surface area contributed by atoms with Crippen LogP contribution >= 0.6 is 0 Å². The number of nitrogens with zero attached hydrogens (tertiary/aromatic N) is 1. The average molecular weight is 333 g/mol. The third-order valence-corrected chi connectivity index (χ3v) is 3.77. The molecule has 5 heteroatoms. The first-order valence-corrected chi connectivity index (χ1v) is 7.59. The molecule has 0 spiro atoms. The van der Waals surface area contributed by atoms with Crippen LogP contribution in [0, 0.1) is 0 Å². The van der Waals surface area contributed by atoms with Crippen molar-refractivity contribution in [1.82, 2.24) is 0 Å². The van der Waals surface area contributed by atoms with Crippen LogP contribution in [0.2, 0.25) is 0 Å². The highest BCUT2D eigenvalue weighted by Crippen LogP contribution is 2.38. The minimum atomic E-state index is -1.08. The Bertz CT molecular complexity index is 864. The number of carboxylic acid groups (broad SMARTS) is 2. The van der Waals surface area contributed by atoms with Gasteiger partial charge in [0.1, 0.15) is 0 Å². The van der Waals surface area contributed by atoms with Gasteiger partial charge in [-0.2, -0.15) is 0 Å². The zero-order valence-corrected chi connectivity index (χ0v) is 13.2. The number of para-hydroxylation sites is 3. The average Bonchev–Trinajstić information content (AvgIpc) is 2.63. The van der Waals surface area contributed by atoms with E-state index >= 15 is 0 Å². The van der Waals surface area contributed by atoms with Gasteiger partial charge in [0.25, 0.3) is 0 Å². The van der Waals surface area contributed by atoms with Gasteiger partial charge in [-0.05, 0) is 36.4 Å². The van der Waals surface area contributed by atoms with Crippen LogP contribution in [0.25, 0.3) is 0 Å². The molecule has 0 bridgehead atoms. The molecule has 3 aromatic carbocycles. The highest BCUT2D eigenvalue weighted by atomic mass is 16.4. The molecule has 0 radical (unpaired) electrons. The first kappa shape index (κ1) is 16.3. The van der Waals surface area contributed by atoms with Crippen molar-refractivity contribution in [2.45, 2.75) is 0 Å². The number of hydrogen-bond donors (Lipinski definition) is 2. The first-order valence-electron chi connectivity index (χ1n) is 7.59. The fourth-order valence-corrected chi connectivity index (χ4v) is 2.68. The molecule has 0 fully saturated rings. The third-order valence-electron chi connectivity index (χ3n) is 3.77. The highest BCUT2D eigenvalue weighted by molar-refractivity contribution is 6.01. The number of anilines is 3. The minimum absolute atomic E-state index is 0.0894. The zero-order valence-electron chi connectivity index (χ0n) is 13.2. The molecule has 25 heavy (non-hydrogen) atoms. The summed E-state index contributed by atoms with van der Waals surface area (Å²) in [7, 11) is 0. The van der Waals surface area contributed by atoms with Crippen LogP contribution in [0.5, 0.6) is 0 Å². The normalized spacial score (nSPS) is 10.2. The summed E-state index contributed by atoms with van der Waals surface area (Å²) in [4.78, 5) is 25.0. The van der Waals surface area contributed by atoms with Crippen molar-refractivity contribution in [1.29, 1.82) is 0 Å². The van der Waals surface area contributed by atoms with E-state index < -0.39 is 11.9 Å². The van der Waals surface area contributed by atoms with Crippen molar-refractivity contribution in [2.24, 2.45) is 0 Å². The Hall–Kier alpha value is -3.60. The predicted molar refractivity (Wildman–Crippen MR) is 95.0 cm³/mol. The van der Waals surface area contributed by atoms with Crippen LogP contribution in [-0.2, 0) is 0 Å². The Labute approximate surface area is 144 Å². The summed E-state index contributed by atoms with van der Waals surface area (Å²) < 4.78 is 0. The standard InChI is InChI=1S/C20H15NO4/c22-19(23)15-10-4-6-12-17(15)21(14-8-2-1-3-9-14)18-13-7-5-11-16(18)20(24)25/h1-13H,(H,22,23)(H,24,25). The SMILES string of the molecule is O=C(O)c1ccccc1N(c1ccccc1)c1ccccc1C(=O)O. The monoisotopic (exact) mass is 333 g/mol. The van der Waals surface area contributed by atoms with Crippen molar-refractivity contribution in [3.05, 3.63) is 90.0 Å². The maximum Gasteiger partial charge on any atom is 0.337 e. The second kappa shape index (κ2) is 6.88. The molecular formula is C20H15NO4. The number of carbonyl (C=O) groups is 2. The molecule has 2 N–H and O–H groups in total. The van der Waals surface area contributed by atoms with Gasteiger partial charge in [0.2, 0.25) is 0 Å². The zero-order chi connectivity index (χ0) is 17.8. The van der Waals surface area contributed by atoms with Crippen molar-refractivity contribution < 1.29 is 19.8 Å². The van der Waals surface area contributed by atoms with Crippen LogP contribution in [0.1, 0.15) is 20.7 Å². The smallest absolute Gasteiger partial charge is 0.337 e. The number of rotatable bonds is 5. The Balaban J connectivity index is 2.30. The Morgan fingerprint density at radius 1 is 0.600 bits per heavy atom. The molecule has 0 aliphatic heterocycles. The van der Waals surface area contributed by atoms with Gasteiger partial charge in [0.15, 0.2) is 0 Å². The lowest BCUT2D eigenvalue weighted by Gasteiger charge is -2.27. The van der Waals surface area contributed by atoms with Crippen molar-refractivity contribution in [3.63, 3.8) is 0 Å². The predicted octanol–water partition coefficient (Wildman–Crippen LogP) is 4.55. The molecule has 0 aliphatic rings. The molecule has 0 aliphatic carbocycles. The highest BCUT2D eigenvalue weighted by Gasteiger charge is 2.22. The fourth-order valence-electron chi connectivity index (χ4n) is 2.68. The first-order chi connectivity index (χ1) is 12.1. The van der Waals surface area contributed by atoms with E-state index in [4.69, 9.17) is 0 Å². The van der Waals surface area contributed by atoms with E-state index in [1.54, 1.807) is 53.4 Å². The van der Waals surface area contributed by atoms with Gasteiger partial charge in [-0.1, -0.05) is 42.5 Å². The molecule has 5 nitrogen and oxygen atoms in total. The third kappa shape index (κ3) is 3.21. The summed E-state index contributed by atoms with van der Waals surface area (Å²) in [5, 5.41) is 19.1. The van der Waals surface area contributed by atoms with Crippen molar-refractivity contribution >= 4 is 29.0 Å². The Kier molecular flexibility index (Phi) is 4.48. The van der Waals surface area contributed by atoms with Crippen molar-refractivity contribution in [3.8, 4) is 0 Å². The van der Waals surface area contributed by atoms with Crippen LogP contribution in [-0.4, -0.2) is 22.2 Å². The molecule has 124 valence electrons. The summed E-state index contributed by atoms with van der Waals surface area (Å²) in [5.74, 6) is -2.16. The van der Waals surface area contributed by atoms with Gasteiger partial charge in [0, 0.05) is 5.69 Å². The van der Waals surface area contributed by atoms with E-state index in [0.717, 1.165) is 0 Å². The van der Waals surface area contributed by atoms with E-state index in [2.05, 4.69) is 0 Å². The largest absolute Gasteiger partial charge is 0.478 e. The van der Waals surface area contributed by atoms with E-state index in [-0.39, 0.29) is 11.1 Å². The number of aromatic carboxylic acids is 2. The summed E-state index contributed by atoms with van der Waals surface area (Å²) >= 11 is 0. The van der Waals surface area contributed by atoms with Crippen LogP contribution in [0.3, 0.4) is 0 Å². The summed E-state index contributed by atoms with van der Waals surface area (Å²) in [5.41, 5.74) is 1.65. The van der Waals surface area contributed by atoms with Gasteiger partial charge >= 0.3 is 11.9 Å². The molecule has 0 aromatic heterocycles. The van der Waals surface area contributed by atoms with Crippen LogP contribution in [0.15, 0.2) is 78.9 Å².